The van der Waals surface area contributed by atoms with Gasteiger partial charge in [0.15, 0.2) is 0 Å². The molecule has 0 saturated carbocycles. The average molecular weight is 284 g/mol. The molecule has 0 fully saturated rings. The summed E-state index contributed by atoms with van der Waals surface area (Å²) in [6.45, 7) is 0.472. The molecule has 0 heterocycles. The highest BCUT2D eigenvalue weighted by Gasteiger charge is 2.13. The third-order valence-electron chi connectivity index (χ3n) is 2.84. The Morgan fingerprint density at radius 1 is 1.50 bits per heavy atom. The predicted octanol–water partition coefficient (Wildman–Crippen LogP) is 1.02. The highest BCUT2D eigenvalue weighted by Crippen LogP contribution is 2.16. The second kappa shape index (κ2) is 7.81. The summed E-state index contributed by atoms with van der Waals surface area (Å²) in [7, 11) is 5.08. The SMILES string of the molecule is COCC(O)CCNC(=O)c1ccc(N(C)C)cc1F. The van der Waals surface area contributed by atoms with Crippen molar-refractivity contribution < 1.29 is 19.0 Å². The number of aliphatic hydroxyl groups is 1. The number of anilines is 1. The van der Waals surface area contributed by atoms with Crippen molar-refractivity contribution in [1.82, 2.24) is 5.32 Å². The number of amides is 1. The Kier molecular flexibility index (Phi) is 6.41. The van der Waals surface area contributed by atoms with Gasteiger partial charge in [0.1, 0.15) is 5.82 Å². The van der Waals surface area contributed by atoms with E-state index in [0.717, 1.165) is 0 Å². The second-order valence-electron chi connectivity index (χ2n) is 4.71. The lowest BCUT2D eigenvalue weighted by molar-refractivity contribution is 0.0587. The first-order chi connectivity index (χ1) is 9.45. The maximum atomic E-state index is 13.8. The minimum Gasteiger partial charge on any atom is -0.391 e. The summed E-state index contributed by atoms with van der Waals surface area (Å²) in [5.74, 6) is -1.05. The Labute approximate surface area is 118 Å². The number of nitrogens with one attached hydrogen (secondary N) is 1. The van der Waals surface area contributed by atoms with Crippen molar-refractivity contribution in [3.63, 3.8) is 0 Å². The quantitative estimate of drug-likeness (QED) is 0.785. The van der Waals surface area contributed by atoms with Crippen molar-refractivity contribution >= 4 is 11.6 Å². The minimum absolute atomic E-state index is 0.00293. The summed E-state index contributed by atoms with van der Waals surface area (Å²) < 4.78 is 18.6. The number of benzene rings is 1. The maximum absolute atomic E-state index is 13.8. The predicted molar refractivity (Wildman–Crippen MR) is 75.6 cm³/mol. The van der Waals surface area contributed by atoms with E-state index in [1.807, 2.05) is 0 Å². The van der Waals surface area contributed by atoms with Crippen LogP contribution in [0.2, 0.25) is 0 Å². The highest BCUT2D eigenvalue weighted by atomic mass is 19.1. The molecule has 1 atom stereocenters. The number of rotatable bonds is 7. The fraction of sp³-hybridized carbons (Fsp3) is 0.500. The van der Waals surface area contributed by atoms with E-state index in [0.29, 0.717) is 12.1 Å². The molecule has 0 radical (unpaired) electrons. The molecule has 0 aromatic heterocycles. The normalized spacial score (nSPS) is 12.1. The average Bonchev–Trinajstić information content (AvgIpc) is 2.38. The molecule has 1 aromatic carbocycles. The van der Waals surface area contributed by atoms with Crippen LogP contribution in [0.1, 0.15) is 16.8 Å². The standard InChI is InChI=1S/C14H21FN2O3/c1-17(2)10-4-5-12(13(15)8-10)14(19)16-7-6-11(18)9-20-3/h4-5,8,11,18H,6-7,9H2,1-3H3,(H,16,19). The highest BCUT2D eigenvalue weighted by molar-refractivity contribution is 5.94. The Bertz CT molecular complexity index is 452. The summed E-state index contributed by atoms with van der Waals surface area (Å²) in [6.07, 6.45) is -0.280. The number of halogens is 1. The maximum Gasteiger partial charge on any atom is 0.254 e. The van der Waals surface area contributed by atoms with Gasteiger partial charge >= 0.3 is 0 Å². The minimum atomic E-state index is -0.638. The van der Waals surface area contributed by atoms with Crippen LogP contribution < -0.4 is 10.2 Å². The van der Waals surface area contributed by atoms with Gasteiger partial charge in [-0.3, -0.25) is 4.79 Å². The monoisotopic (exact) mass is 284 g/mol. The van der Waals surface area contributed by atoms with E-state index in [2.05, 4.69) is 5.32 Å². The van der Waals surface area contributed by atoms with Crippen LogP contribution in [-0.2, 0) is 4.74 Å². The number of aliphatic hydroxyl groups excluding tert-OH is 1. The summed E-state index contributed by atoms with van der Waals surface area (Å²) in [5, 5.41) is 12.0. The number of nitrogens with zero attached hydrogens (tertiary/aromatic N) is 1. The van der Waals surface area contributed by atoms with Crippen LogP contribution in [0.25, 0.3) is 0 Å². The fourth-order valence-electron chi connectivity index (χ4n) is 1.69. The number of hydrogen-bond donors (Lipinski definition) is 2. The van der Waals surface area contributed by atoms with Crippen molar-refractivity contribution in [2.75, 3.05) is 39.3 Å². The molecule has 0 spiro atoms. The van der Waals surface area contributed by atoms with Gasteiger partial charge in [-0.1, -0.05) is 0 Å². The van der Waals surface area contributed by atoms with Crippen LogP contribution in [0.3, 0.4) is 0 Å². The molecule has 0 aliphatic heterocycles. The van der Waals surface area contributed by atoms with Crippen molar-refractivity contribution in [3.8, 4) is 0 Å². The van der Waals surface area contributed by atoms with Gasteiger partial charge in [-0.2, -0.15) is 0 Å². The summed E-state index contributed by atoms with van der Waals surface area (Å²) >= 11 is 0. The summed E-state index contributed by atoms with van der Waals surface area (Å²) in [5.41, 5.74) is 0.686. The molecule has 1 aromatic rings. The van der Waals surface area contributed by atoms with Crippen molar-refractivity contribution in [1.29, 1.82) is 0 Å². The number of ether oxygens (including phenoxy) is 1. The Morgan fingerprint density at radius 3 is 2.75 bits per heavy atom. The molecule has 5 nitrogen and oxygen atoms in total. The van der Waals surface area contributed by atoms with Crippen LogP contribution in [0, 0.1) is 5.82 Å². The lowest BCUT2D eigenvalue weighted by Crippen LogP contribution is -2.29. The van der Waals surface area contributed by atoms with E-state index in [1.165, 1.54) is 19.2 Å². The van der Waals surface area contributed by atoms with E-state index in [-0.39, 0.29) is 18.7 Å². The molecule has 6 heteroatoms. The van der Waals surface area contributed by atoms with Crippen LogP contribution in [0.4, 0.5) is 10.1 Å². The van der Waals surface area contributed by atoms with E-state index in [9.17, 15) is 14.3 Å². The Hall–Kier alpha value is -1.66. The lowest BCUT2D eigenvalue weighted by atomic mass is 10.1. The molecule has 0 saturated heterocycles. The van der Waals surface area contributed by atoms with E-state index < -0.39 is 17.8 Å². The zero-order valence-electron chi connectivity index (χ0n) is 12.0. The third-order valence-corrected chi connectivity index (χ3v) is 2.84. The van der Waals surface area contributed by atoms with Gasteiger partial charge in [-0.15, -0.1) is 0 Å². The first-order valence-corrected chi connectivity index (χ1v) is 6.37. The topological polar surface area (TPSA) is 61.8 Å². The molecular formula is C14H21FN2O3. The van der Waals surface area contributed by atoms with Gasteiger partial charge in [-0.25, -0.2) is 4.39 Å². The van der Waals surface area contributed by atoms with Gasteiger partial charge < -0.3 is 20.1 Å². The molecule has 0 aliphatic carbocycles. The van der Waals surface area contributed by atoms with Crippen LogP contribution in [0.5, 0.6) is 0 Å². The molecule has 1 amide bonds. The molecule has 0 aliphatic rings. The number of methoxy groups -OCH3 is 1. The largest absolute Gasteiger partial charge is 0.391 e. The van der Waals surface area contributed by atoms with Gasteiger partial charge in [0, 0.05) is 33.4 Å². The molecule has 0 bridgehead atoms. The number of carbonyl (C=O) groups is 1. The Morgan fingerprint density at radius 2 is 2.20 bits per heavy atom. The fourth-order valence-corrected chi connectivity index (χ4v) is 1.69. The number of carbonyl (C=O) groups excluding carboxylic acids is 1. The number of hydrogen-bond acceptors (Lipinski definition) is 4. The van der Waals surface area contributed by atoms with Gasteiger partial charge in [0.25, 0.3) is 5.91 Å². The first kappa shape index (κ1) is 16.4. The zero-order valence-corrected chi connectivity index (χ0v) is 12.0. The molecule has 20 heavy (non-hydrogen) atoms. The van der Waals surface area contributed by atoms with E-state index in [1.54, 1.807) is 25.1 Å². The van der Waals surface area contributed by atoms with Crippen molar-refractivity contribution in [2.45, 2.75) is 12.5 Å². The molecular weight excluding hydrogens is 263 g/mol. The van der Waals surface area contributed by atoms with Gasteiger partial charge in [-0.05, 0) is 24.6 Å². The first-order valence-electron chi connectivity index (χ1n) is 6.37. The third kappa shape index (κ3) is 4.79. The molecule has 112 valence electrons. The van der Waals surface area contributed by atoms with Crippen molar-refractivity contribution in [2.24, 2.45) is 0 Å². The molecule has 1 rings (SSSR count). The summed E-state index contributed by atoms with van der Waals surface area (Å²) in [4.78, 5) is 13.6. The zero-order chi connectivity index (χ0) is 15.1. The van der Waals surface area contributed by atoms with E-state index >= 15 is 0 Å². The second-order valence-corrected chi connectivity index (χ2v) is 4.71. The Balaban J connectivity index is 2.55. The smallest absolute Gasteiger partial charge is 0.254 e. The lowest BCUT2D eigenvalue weighted by Gasteiger charge is -2.14. The summed E-state index contributed by atoms with van der Waals surface area (Å²) in [6, 6.07) is 4.44. The van der Waals surface area contributed by atoms with Crippen LogP contribution >= 0.6 is 0 Å². The van der Waals surface area contributed by atoms with E-state index in [4.69, 9.17) is 4.74 Å². The van der Waals surface area contributed by atoms with Crippen LogP contribution in [-0.4, -0.2) is 51.5 Å². The van der Waals surface area contributed by atoms with Gasteiger partial charge in [0.05, 0.1) is 18.3 Å². The molecule has 1 unspecified atom stereocenters. The van der Waals surface area contributed by atoms with Crippen LogP contribution in [0.15, 0.2) is 18.2 Å². The van der Waals surface area contributed by atoms with Gasteiger partial charge in [0.2, 0.25) is 0 Å². The molecule has 2 N–H and O–H groups in total. The van der Waals surface area contributed by atoms with Crippen molar-refractivity contribution in [3.05, 3.63) is 29.6 Å².